The zero-order chi connectivity index (χ0) is 15.1. The van der Waals surface area contributed by atoms with E-state index in [4.69, 9.17) is 0 Å². The van der Waals surface area contributed by atoms with Gasteiger partial charge in [0.05, 0.1) is 5.69 Å². The van der Waals surface area contributed by atoms with Gasteiger partial charge in [-0.05, 0) is 29.0 Å². The van der Waals surface area contributed by atoms with Crippen molar-refractivity contribution in [1.82, 2.24) is 0 Å². The fraction of sp³-hybridized carbons (Fsp3) is 0.150. The highest BCUT2D eigenvalue weighted by molar-refractivity contribution is 6.06. The van der Waals surface area contributed by atoms with Crippen LogP contribution in [0.2, 0.25) is 0 Å². The van der Waals surface area contributed by atoms with Crippen molar-refractivity contribution in [3.8, 4) is 0 Å². The van der Waals surface area contributed by atoms with Gasteiger partial charge in [0, 0.05) is 17.7 Å². The van der Waals surface area contributed by atoms with Gasteiger partial charge in [0.25, 0.3) is 0 Å². The minimum atomic E-state index is 0.0945. The van der Waals surface area contributed by atoms with Crippen LogP contribution in [0.15, 0.2) is 60.7 Å². The Labute approximate surface area is 129 Å². The van der Waals surface area contributed by atoms with Crippen molar-refractivity contribution in [3.05, 3.63) is 77.4 Å². The first kappa shape index (κ1) is 13.1. The predicted octanol–water partition coefficient (Wildman–Crippen LogP) is 4.62. The molecule has 1 amide bonds. The third kappa shape index (κ3) is 2.00. The van der Waals surface area contributed by atoms with E-state index in [1.54, 1.807) is 0 Å². The minimum absolute atomic E-state index is 0.0945. The fourth-order valence-electron chi connectivity index (χ4n) is 3.46. The number of carbonyl (C=O) groups is 1. The Morgan fingerprint density at radius 1 is 0.909 bits per heavy atom. The van der Waals surface area contributed by atoms with Crippen molar-refractivity contribution in [3.63, 3.8) is 0 Å². The Bertz CT molecular complexity index is 882. The second-order valence-corrected chi connectivity index (χ2v) is 5.91. The molecule has 0 spiro atoms. The Hall–Kier alpha value is -2.61. The summed E-state index contributed by atoms with van der Waals surface area (Å²) in [6.07, 6.45) is 0.510. The number of amides is 1. The molecule has 2 heteroatoms. The van der Waals surface area contributed by atoms with E-state index in [-0.39, 0.29) is 11.8 Å². The van der Waals surface area contributed by atoms with Gasteiger partial charge in [-0.1, -0.05) is 60.7 Å². The van der Waals surface area contributed by atoms with Crippen LogP contribution >= 0.6 is 0 Å². The molecule has 108 valence electrons. The first-order valence-corrected chi connectivity index (χ1v) is 7.61. The van der Waals surface area contributed by atoms with Crippen LogP contribution in [0.5, 0.6) is 0 Å². The number of hydrogen-bond acceptors (Lipinski definition) is 1. The van der Waals surface area contributed by atoms with Crippen LogP contribution in [0.4, 0.5) is 5.69 Å². The summed E-state index contributed by atoms with van der Waals surface area (Å²) in [6.45, 7) is 2.11. The smallest absolute Gasteiger partial charge is 0.225 e. The zero-order valence-corrected chi connectivity index (χ0v) is 12.5. The molecule has 4 rings (SSSR count). The molecule has 0 saturated heterocycles. The van der Waals surface area contributed by atoms with Crippen LogP contribution in [0, 0.1) is 6.92 Å². The average Bonchev–Trinajstić information content (AvgIpc) is 2.54. The first-order valence-electron chi connectivity index (χ1n) is 7.61. The summed E-state index contributed by atoms with van der Waals surface area (Å²) in [6, 6.07) is 20.9. The number of anilines is 1. The van der Waals surface area contributed by atoms with Gasteiger partial charge in [-0.25, -0.2) is 0 Å². The van der Waals surface area contributed by atoms with Crippen molar-refractivity contribution < 1.29 is 4.79 Å². The Morgan fingerprint density at radius 2 is 1.68 bits per heavy atom. The van der Waals surface area contributed by atoms with Crippen LogP contribution < -0.4 is 5.32 Å². The number of benzene rings is 3. The summed E-state index contributed by atoms with van der Waals surface area (Å²) >= 11 is 0. The topological polar surface area (TPSA) is 29.1 Å². The maximum Gasteiger partial charge on any atom is 0.225 e. The van der Waals surface area contributed by atoms with Crippen molar-refractivity contribution in [2.75, 3.05) is 5.32 Å². The first-order chi connectivity index (χ1) is 10.7. The summed E-state index contributed by atoms with van der Waals surface area (Å²) in [4.78, 5) is 12.3. The van der Waals surface area contributed by atoms with E-state index in [0.29, 0.717) is 6.42 Å². The Kier molecular flexibility index (Phi) is 2.97. The van der Waals surface area contributed by atoms with E-state index in [0.717, 1.165) is 16.5 Å². The van der Waals surface area contributed by atoms with E-state index >= 15 is 0 Å². The third-order valence-electron chi connectivity index (χ3n) is 4.55. The third-order valence-corrected chi connectivity index (χ3v) is 4.55. The van der Waals surface area contributed by atoms with E-state index in [2.05, 4.69) is 54.7 Å². The van der Waals surface area contributed by atoms with E-state index < -0.39 is 0 Å². The predicted molar refractivity (Wildman–Crippen MR) is 90.2 cm³/mol. The number of carbonyl (C=O) groups excluding carboxylic acids is 1. The lowest BCUT2D eigenvalue weighted by Crippen LogP contribution is -2.24. The molecule has 2 nitrogen and oxygen atoms in total. The maximum atomic E-state index is 12.3. The highest BCUT2D eigenvalue weighted by atomic mass is 16.1. The summed E-state index contributed by atoms with van der Waals surface area (Å²) in [7, 11) is 0. The largest absolute Gasteiger partial charge is 0.325 e. The van der Waals surface area contributed by atoms with Crippen LogP contribution in [0.25, 0.3) is 10.8 Å². The van der Waals surface area contributed by atoms with Gasteiger partial charge in [-0.3, -0.25) is 4.79 Å². The lowest BCUT2D eigenvalue weighted by atomic mass is 9.82. The summed E-state index contributed by atoms with van der Waals surface area (Å²) < 4.78 is 0. The molecule has 3 aromatic carbocycles. The molecule has 1 atom stereocenters. The van der Waals surface area contributed by atoms with Crippen molar-refractivity contribution in [1.29, 1.82) is 0 Å². The number of rotatable bonds is 1. The second kappa shape index (κ2) is 4.99. The van der Waals surface area contributed by atoms with Gasteiger partial charge >= 0.3 is 0 Å². The molecule has 1 N–H and O–H groups in total. The summed E-state index contributed by atoms with van der Waals surface area (Å²) in [5.74, 6) is 0.228. The molecule has 1 aliphatic rings. The van der Waals surface area contributed by atoms with Gasteiger partial charge < -0.3 is 5.32 Å². The summed E-state index contributed by atoms with van der Waals surface area (Å²) in [5, 5.41) is 5.36. The van der Waals surface area contributed by atoms with E-state index in [1.807, 2.05) is 18.2 Å². The van der Waals surface area contributed by atoms with Crippen molar-refractivity contribution >= 4 is 22.4 Å². The van der Waals surface area contributed by atoms with Crippen LogP contribution in [-0.2, 0) is 4.79 Å². The number of nitrogens with one attached hydrogen (secondary N) is 1. The SMILES string of the molecule is Cc1ccccc1[C@@H]1CC(=O)Nc2c1ccc1ccccc21. The quantitative estimate of drug-likeness (QED) is 0.695. The van der Waals surface area contributed by atoms with Gasteiger partial charge in [0.15, 0.2) is 0 Å². The minimum Gasteiger partial charge on any atom is -0.325 e. The lowest BCUT2D eigenvalue weighted by molar-refractivity contribution is -0.116. The Morgan fingerprint density at radius 3 is 2.55 bits per heavy atom. The van der Waals surface area contributed by atoms with Gasteiger partial charge in [-0.2, -0.15) is 0 Å². The monoisotopic (exact) mass is 287 g/mol. The molecule has 22 heavy (non-hydrogen) atoms. The Balaban J connectivity index is 1.97. The van der Waals surface area contributed by atoms with Crippen LogP contribution in [0.3, 0.4) is 0 Å². The highest BCUT2D eigenvalue weighted by Crippen LogP contribution is 2.41. The van der Waals surface area contributed by atoms with E-state index in [9.17, 15) is 4.79 Å². The normalized spacial score (nSPS) is 17.1. The highest BCUT2D eigenvalue weighted by Gasteiger charge is 2.28. The van der Waals surface area contributed by atoms with E-state index in [1.165, 1.54) is 16.7 Å². The molecule has 1 heterocycles. The van der Waals surface area contributed by atoms with Gasteiger partial charge in [0.2, 0.25) is 5.91 Å². The molecule has 0 radical (unpaired) electrons. The molecule has 3 aromatic rings. The lowest BCUT2D eigenvalue weighted by Gasteiger charge is -2.28. The molecule has 0 bridgehead atoms. The number of fused-ring (bicyclic) bond motifs is 3. The zero-order valence-electron chi connectivity index (χ0n) is 12.5. The maximum absolute atomic E-state index is 12.3. The van der Waals surface area contributed by atoms with Gasteiger partial charge in [-0.15, -0.1) is 0 Å². The van der Waals surface area contributed by atoms with Gasteiger partial charge in [0.1, 0.15) is 0 Å². The molecule has 0 fully saturated rings. The molecular formula is C20H17NO. The summed E-state index contributed by atoms with van der Waals surface area (Å²) in [5.41, 5.74) is 4.67. The fourth-order valence-corrected chi connectivity index (χ4v) is 3.46. The molecular weight excluding hydrogens is 270 g/mol. The molecule has 0 saturated carbocycles. The molecule has 0 aromatic heterocycles. The van der Waals surface area contributed by atoms with Crippen LogP contribution in [-0.4, -0.2) is 5.91 Å². The average molecular weight is 287 g/mol. The van der Waals surface area contributed by atoms with Crippen LogP contribution in [0.1, 0.15) is 29.0 Å². The van der Waals surface area contributed by atoms with Crippen molar-refractivity contribution in [2.45, 2.75) is 19.3 Å². The number of aryl methyl sites for hydroxylation is 1. The molecule has 1 aliphatic heterocycles. The number of hydrogen-bond donors (Lipinski definition) is 1. The molecule has 0 unspecified atom stereocenters. The second-order valence-electron chi connectivity index (χ2n) is 5.91. The van der Waals surface area contributed by atoms with Crippen molar-refractivity contribution in [2.24, 2.45) is 0 Å². The molecule has 0 aliphatic carbocycles. The standard InChI is InChI=1S/C20H17NO/c1-13-6-2-4-8-15(13)18-12-19(22)21-20-16-9-5-3-7-14(16)10-11-17(18)20/h2-11,18H,12H2,1H3,(H,21,22)/t18-/m0/s1.